The largest absolute Gasteiger partial charge is 0.496 e. The second kappa shape index (κ2) is 8.41. The number of benzene rings is 2. The van der Waals surface area contributed by atoms with E-state index in [0.717, 1.165) is 37.7 Å². The van der Waals surface area contributed by atoms with Gasteiger partial charge in [0.25, 0.3) is 0 Å². The predicted molar refractivity (Wildman–Crippen MR) is 113 cm³/mol. The Kier molecular flexibility index (Phi) is 6.18. The van der Waals surface area contributed by atoms with Gasteiger partial charge in [-0.25, -0.2) is 0 Å². The Labute approximate surface area is 167 Å². The molecular formula is C22H29ClN2O2. The smallest absolute Gasteiger partial charge is 0.139 e. The van der Waals surface area contributed by atoms with Crippen LogP contribution in [0.2, 0.25) is 5.02 Å². The Morgan fingerprint density at radius 2 is 1.56 bits per heavy atom. The molecule has 146 valence electrons. The molecule has 3 rings (SSSR count). The van der Waals surface area contributed by atoms with Crippen LogP contribution >= 0.6 is 11.6 Å². The molecule has 1 unspecified atom stereocenters. The SMILES string of the molecule is COc1cc(N2CCN(C(C)c3ccc(OC)c(C)c3C)CC2)ccc1Cl. The van der Waals surface area contributed by atoms with Crippen LogP contribution in [0.1, 0.15) is 29.7 Å². The summed E-state index contributed by atoms with van der Waals surface area (Å²) in [6, 6.07) is 10.7. The zero-order chi connectivity index (χ0) is 19.6. The maximum atomic E-state index is 6.16. The summed E-state index contributed by atoms with van der Waals surface area (Å²) in [5.74, 6) is 1.69. The molecule has 4 nitrogen and oxygen atoms in total. The number of halogens is 1. The molecular weight excluding hydrogens is 360 g/mol. The lowest BCUT2D eigenvalue weighted by molar-refractivity contribution is 0.198. The molecule has 0 spiro atoms. The fourth-order valence-corrected chi connectivity index (χ4v) is 4.09. The van der Waals surface area contributed by atoms with E-state index in [9.17, 15) is 0 Å². The van der Waals surface area contributed by atoms with Gasteiger partial charge in [0, 0.05) is 44.0 Å². The van der Waals surface area contributed by atoms with Gasteiger partial charge in [0.2, 0.25) is 0 Å². The summed E-state index contributed by atoms with van der Waals surface area (Å²) in [7, 11) is 3.39. The summed E-state index contributed by atoms with van der Waals surface area (Å²) >= 11 is 6.16. The number of ether oxygens (including phenoxy) is 2. The Balaban J connectivity index is 1.69. The first-order chi connectivity index (χ1) is 13.0. The van der Waals surface area contributed by atoms with Gasteiger partial charge in [-0.05, 0) is 55.7 Å². The van der Waals surface area contributed by atoms with E-state index in [1.807, 2.05) is 12.1 Å². The first kappa shape index (κ1) is 19.8. The van der Waals surface area contributed by atoms with Crippen molar-refractivity contribution in [1.82, 2.24) is 4.90 Å². The van der Waals surface area contributed by atoms with Crippen LogP contribution in [0.5, 0.6) is 11.5 Å². The van der Waals surface area contributed by atoms with Crippen molar-refractivity contribution in [3.8, 4) is 11.5 Å². The minimum absolute atomic E-state index is 0.386. The van der Waals surface area contributed by atoms with Crippen LogP contribution in [0.15, 0.2) is 30.3 Å². The van der Waals surface area contributed by atoms with E-state index < -0.39 is 0 Å². The Hall–Kier alpha value is -1.91. The van der Waals surface area contributed by atoms with E-state index in [0.29, 0.717) is 11.1 Å². The second-order valence-electron chi connectivity index (χ2n) is 7.12. The molecule has 0 radical (unpaired) electrons. The monoisotopic (exact) mass is 388 g/mol. The van der Waals surface area contributed by atoms with Crippen LogP contribution in [0.25, 0.3) is 0 Å². The maximum absolute atomic E-state index is 6.16. The van der Waals surface area contributed by atoms with Crippen LogP contribution in [0, 0.1) is 13.8 Å². The lowest BCUT2D eigenvalue weighted by Crippen LogP contribution is -2.47. The van der Waals surface area contributed by atoms with Crippen LogP contribution in [-0.2, 0) is 0 Å². The van der Waals surface area contributed by atoms with Gasteiger partial charge in [-0.3, -0.25) is 4.90 Å². The van der Waals surface area contributed by atoms with Crippen LogP contribution in [0.3, 0.4) is 0 Å². The summed E-state index contributed by atoms with van der Waals surface area (Å²) in [4.78, 5) is 4.95. The van der Waals surface area contributed by atoms with Gasteiger partial charge in [-0.15, -0.1) is 0 Å². The number of nitrogens with zero attached hydrogens (tertiary/aromatic N) is 2. The lowest BCUT2D eigenvalue weighted by atomic mass is 9.96. The zero-order valence-corrected chi connectivity index (χ0v) is 17.6. The molecule has 0 bridgehead atoms. The molecule has 1 atom stereocenters. The summed E-state index contributed by atoms with van der Waals surface area (Å²) in [6.45, 7) is 10.7. The molecule has 5 heteroatoms. The van der Waals surface area contributed by atoms with E-state index in [4.69, 9.17) is 21.1 Å². The molecule has 0 aromatic heterocycles. The van der Waals surface area contributed by atoms with Gasteiger partial charge in [-0.1, -0.05) is 17.7 Å². The van der Waals surface area contributed by atoms with Crippen molar-refractivity contribution in [2.75, 3.05) is 45.3 Å². The first-order valence-electron chi connectivity index (χ1n) is 9.43. The Morgan fingerprint density at radius 1 is 0.889 bits per heavy atom. The molecule has 27 heavy (non-hydrogen) atoms. The Morgan fingerprint density at radius 3 is 2.19 bits per heavy atom. The van der Waals surface area contributed by atoms with Crippen molar-refractivity contribution in [2.24, 2.45) is 0 Å². The number of hydrogen-bond donors (Lipinski definition) is 0. The summed E-state index contributed by atoms with van der Waals surface area (Å²) < 4.78 is 10.8. The van der Waals surface area contributed by atoms with E-state index in [1.54, 1.807) is 14.2 Å². The fraction of sp³-hybridized carbons (Fsp3) is 0.455. The molecule has 0 aliphatic carbocycles. The number of hydrogen-bond acceptors (Lipinski definition) is 4. The van der Waals surface area contributed by atoms with E-state index >= 15 is 0 Å². The highest BCUT2D eigenvalue weighted by Gasteiger charge is 2.24. The van der Waals surface area contributed by atoms with Gasteiger partial charge in [-0.2, -0.15) is 0 Å². The normalized spacial score (nSPS) is 16.3. The lowest BCUT2D eigenvalue weighted by Gasteiger charge is -2.40. The van der Waals surface area contributed by atoms with Crippen molar-refractivity contribution >= 4 is 17.3 Å². The van der Waals surface area contributed by atoms with Crippen LogP contribution < -0.4 is 14.4 Å². The average Bonchev–Trinajstić information content (AvgIpc) is 2.70. The molecule has 1 fully saturated rings. The molecule has 1 aliphatic heterocycles. The molecule has 0 N–H and O–H groups in total. The topological polar surface area (TPSA) is 24.9 Å². The molecule has 2 aromatic rings. The van der Waals surface area contributed by atoms with Crippen molar-refractivity contribution in [2.45, 2.75) is 26.8 Å². The number of anilines is 1. The van der Waals surface area contributed by atoms with Gasteiger partial charge < -0.3 is 14.4 Å². The second-order valence-corrected chi connectivity index (χ2v) is 7.53. The third-order valence-corrected chi connectivity index (χ3v) is 6.12. The van der Waals surface area contributed by atoms with Crippen molar-refractivity contribution in [3.05, 3.63) is 52.0 Å². The highest BCUT2D eigenvalue weighted by atomic mass is 35.5. The van der Waals surface area contributed by atoms with Crippen LogP contribution in [0.4, 0.5) is 5.69 Å². The number of rotatable bonds is 5. The minimum Gasteiger partial charge on any atom is -0.496 e. The molecule has 1 aliphatic rings. The van der Waals surface area contributed by atoms with E-state index in [1.165, 1.54) is 22.4 Å². The molecule has 0 saturated carbocycles. The van der Waals surface area contributed by atoms with Gasteiger partial charge in [0.15, 0.2) is 0 Å². The maximum Gasteiger partial charge on any atom is 0.139 e. The predicted octanol–water partition coefficient (Wildman–Crippen LogP) is 4.86. The highest BCUT2D eigenvalue weighted by Crippen LogP contribution is 2.33. The van der Waals surface area contributed by atoms with Crippen LogP contribution in [-0.4, -0.2) is 45.3 Å². The molecule has 1 heterocycles. The highest BCUT2D eigenvalue weighted by molar-refractivity contribution is 6.32. The minimum atomic E-state index is 0.386. The van der Waals surface area contributed by atoms with Crippen molar-refractivity contribution < 1.29 is 9.47 Å². The molecule has 2 aromatic carbocycles. The van der Waals surface area contributed by atoms with Gasteiger partial charge >= 0.3 is 0 Å². The van der Waals surface area contributed by atoms with E-state index in [2.05, 4.69) is 48.8 Å². The van der Waals surface area contributed by atoms with Crippen molar-refractivity contribution in [1.29, 1.82) is 0 Å². The van der Waals surface area contributed by atoms with Gasteiger partial charge in [0.05, 0.1) is 19.2 Å². The average molecular weight is 389 g/mol. The number of methoxy groups -OCH3 is 2. The quantitative estimate of drug-likeness (QED) is 0.730. The fourth-order valence-electron chi connectivity index (χ4n) is 3.90. The molecule has 0 amide bonds. The third-order valence-electron chi connectivity index (χ3n) is 5.81. The van der Waals surface area contributed by atoms with Gasteiger partial charge in [0.1, 0.15) is 11.5 Å². The summed E-state index contributed by atoms with van der Waals surface area (Å²) in [5.41, 5.74) is 5.11. The summed E-state index contributed by atoms with van der Waals surface area (Å²) in [5, 5.41) is 0.652. The van der Waals surface area contributed by atoms with Crippen molar-refractivity contribution in [3.63, 3.8) is 0 Å². The third kappa shape index (κ3) is 4.02. The first-order valence-corrected chi connectivity index (χ1v) is 9.80. The number of piperazine rings is 1. The summed E-state index contributed by atoms with van der Waals surface area (Å²) in [6.07, 6.45) is 0. The standard InChI is InChI=1S/C22H29ClN2O2/c1-15-16(2)21(26-4)9-7-19(15)17(3)24-10-12-25(13-11-24)18-6-8-20(23)22(14-18)27-5/h6-9,14,17H,10-13H2,1-5H3. The van der Waals surface area contributed by atoms with E-state index in [-0.39, 0.29) is 0 Å². The zero-order valence-electron chi connectivity index (χ0n) is 16.9. The molecule has 1 saturated heterocycles. The Bertz CT molecular complexity index is 801.